The minimum Gasteiger partial charge on any atom is -0.495 e. The average Bonchev–Trinajstić information content (AvgIpc) is 3.08. The summed E-state index contributed by atoms with van der Waals surface area (Å²) in [7, 11) is 1.55. The molecule has 6 nitrogen and oxygen atoms in total. The van der Waals surface area contributed by atoms with Crippen molar-refractivity contribution in [3.05, 3.63) is 64.8 Å². The standard InChI is InChI=1S/C20H20ClN3O3/c1-27-18-8-6-13(10-16(18)21)7-9-19(25)23-24-20(26)11-14-12-22-17-5-3-2-4-15(14)17/h2-6,8,10,12,22H,7,9,11H2,1H3,(H,23,25)(H,24,26). The minimum atomic E-state index is -0.277. The molecule has 0 saturated carbocycles. The summed E-state index contributed by atoms with van der Waals surface area (Å²) in [5.74, 6) is 0.0456. The van der Waals surface area contributed by atoms with E-state index in [0.29, 0.717) is 17.2 Å². The fourth-order valence-corrected chi connectivity index (χ4v) is 3.10. The first-order chi connectivity index (χ1) is 13.1. The van der Waals surface area contributed by atoms with Gasteiger partial charge in [0.2, 0.25) is 11.8 Å². The number of H-pyrrole nitrogens is 1. The van der Waals surface area contributed by atoms with Crippen molar-refractivity contribution in [1.82, 2.24) is 15.8 Å². The van der Waals surface area contributed by atoms with Gasteiger partial charge in [0.15, 0.2) is 0 Å². The number of aromatic amines is 1. The van der Waals surface area contributed by atoms with Crippen LogP contribution in [0.2, 0.25) is 5.02 Å². The van der Waals surface area contributed by atoms with Gasteiger partial charge >= 0.3 is 0 Å². The van der Waals surface area contributed by atoms with Gasteiger partial charge in [-0.05, 0) is 35.7 Å². The Kier molecular flexibility index (Phi) is 5.98. The highest BCUT2D eigenvalue weighted by Gasteiger charge is 2.10. The Labute approximate surface area is 161 Å². The molecule has 1 heterocycles. The number of hydrogen-bond donors (Lipinski definition) is 3. The lowest BCUT2D eigenvalue weighted by atomic mass is 10.1. The lowest BCUT2D eigenvalue weighted by Crippen LogP contribution is -2.42. The van der Waals surface area contributed by atoms with E-state index in [0.717, 1.165) is 22.0 Å². The van der Waals surface area contributed by atoms with Crippen LogP contribution in [0.4, 0.5) is 0 Å². The van der Waals surface area contributed by atoms with Crippen LogP contribution < -0.4 is 15.6 Å². The molecule has 0 spiro atoms. The molecule has 27 heavy (non-hydrogen) atoms. The summed E-state index contributed by atoms with van der Waals surface area (Å²) in [6.07, 6.45) is 2.72. The Balaban J connectivity index is 1.46. The number of nitrogens with one attached hydrogen (secondary N) is 3. The first kappa shape index (κ1) is 18.8. The quantitative estimate of drug-likeness (QED) is 0.570. The monoisotopic (exact) mass is 385 g/mol. The number of ether oxygens (including phenoxy) is 1. The molecule has 0 bridgehead atoms. The maximum atomic E-state index is 12.1. The number of hydrogen-bond acceptors (Lipinski definition) is 3. The van der Waals surface area contributed by atoms with Crippen LogP contribution in [0.1, 0.15) is 17.5 Å². The highest BCUT2D eigenvalue weighted by Crippen LogP contribution is 2.25. The van der Waals surface area contributed by atoms with E-state index in [1.807, 2.05) is 30.3 Å². The van der Waals surface area contributed by atoms with E-state index in [1.54, 1.807) is 25.4 Å². The molecule has 140 valence electrons. The van der Waals surface area contributed by atoms with Crippen LogP contribution in [0.5, 0.6) is 5.75 Å². The number of aromatic nitrogens is 1. The number of aryl methyl sites for hydroxylation is 1. The van der Waals surface area contributed by atoms with E-state index < -0.39 is 0 Å². The lowest BCUT2D eigenvalue weighted by Gasteiger charge is -2.08. The molecule has 0 radical (unpaired) electrons. The summed E-state index contributed by atoms with van der Waals surface area (Å²) in [4.78, 5) is 27.2. The van der Waals surface area contributed by atoms with Gasteiger partial charge in [-0.3, -0.25) is 20.4 Å². The van der Waals surface area contributed by atoms with Crippen molar-refractivity contribution < 1.29 is 14.3 Å². The van der Waals surface area contributed by atoms with E-state index in [-0.39, 0.29) is 24.7 Å². The molecular weight excluding hydrogens is 366 g/mol. The number of amides is 2. The van der Waals surface area contributed by atoms with Crippen molar-refractivity contribution in [2.45, 2.75) is 19.3 Å². The number of methoxy groups -OCH3 is 1. The molecule has 7 heteroatoms. The topological polar surface area (TPSA) is 83.2 Å². The Hall–Kier alpha value is -2.99. The van der Waals surface area contributed by atoms with Gasteiger partial charge in [0.1, 0.15) is 5.75 Å². The van der Waals surface area contributed by atoms with Gasteiger partial charge in [-0.1, -0.05) is 35.9 Å². The van der Waals surface area contributed by atoms with E-state index in [4.69, 9.17) is 16.3 Å². The first-order valence-electron chi connectivity index (χ1n) is 8.52. The number of halogens is 1. The van der Waals surface area contributed by atoms with Crippen molar-refractivity contribution in [2.75, 3.05) is 7.11 Å². The van der Waals surface area contributed by atoms with Gasteiger partial charge in [-0.15, -0.1) is 0 Å². The van der Waals surface area contributed by atoms with Crippen LogP contribution in [0, 0.1) is 0 Å². The molecule has 0 aliphatic carbocycles. The summed E-state index contributed by atoms with van der Waals surface area (Å²) in [5, 5.41) is 1.50. The second-order valence-corrected chi connectivity index (χ2v) is 6.51. The van der Waals surface area contributed by atoms with Crippen LogP contribution in [0.25, 0.3) is 10.9 Å². The second-order valence-electron chi connectivity index (χ2n) is 6.10. The molecule has 0 saturated heterocycles. The SMILES string of the molecule is COc1ccc(CCC(=O)NNC(=O)Cc2c[nH]c3ccccc23)cc1Cl. The van der Waals surface area contributed by atoms with Crippen molar-refractivity contribution in [1.29, 1.82) is 0 Å². The summed E-state index contributed by atoms with van der Waals surface area (Å²) < 4.78 is 5.10. The Morgan fingerprint density at radius 2 is 1.89 bits per heavy atom. The molecule has 0 atom stereocenters. The number of carbonyl (C=O) groups is 2. The molecule has 0 aliphatic rings. The molecule has 2 aromatic carbocycles. The van der Waals surface area contributed by atoms with Crippen molar-refractivity contribution in [2.24, 2.45) is 0 Å². The Morgan fingerprint density at radius 1 is 1.11 bits per heavy atom. The van der Waals surface area contributed by atoms with Gasteiger partial charge in [0.25, 0.3) is 0 Å². The third-order valence-corrected chi connectivity index (χ3v) is 4.52. The van der Waals surface area contributed by atoms with Crippen molar-refractivity contribution in [3.8, 4) is 5.75 Å². The van der Waals surface area contributed by atoms with E-state index in [2.05, 4.69) is 15.8 Å². The third-order valence-electron chi connectivity index (χ3n) is 4.22. The molecule has 0 aliphatic heterocycles. The summed E-state index contributed by atoms with van der Waals surface area (Å²) >= 11 is 6.07. The van der Waals surface area contributed by atoms with Crippen LogP contribution in [-0.2, 0) is 22.4 Å². The van der Waals surface area contributed by atoms with Crippen molar-refractivity contribution >= 4 is 34.3 Å². The van der Waals surface area contributed by atoms with Crippen LogP contribution in [0.15, 0.2) is 48.7 Å². The van der Waals surface area contributed by atoms with Gasteiger partial charge in [0.05, 0.1) is 18.6 Å². The fraction of sp³-hybridized carbons (Fsp3) is 0.200. The maximum Gasteiger partial charge on any atom is 0.242 e. The normalized spacial score (nSPS) is 10.6. The Morgan fingerprint density at radius 3 is 2.67 bits per heavy atom. The zero-order valence-corrected chi connectivity index (χ0v) is 15.6. The van der Waals surface area contributed by atoms with Crippen LogP contribution >= 0.6 is 11.6 Å². The number of fused-ring (bicyclic) bond motifs is 1. The number of carbonyl (C=O) groups excluding carboxylic acids is 2. The molecule has 0 fully saturated rings. The minimum absolute atomic E-state index is 0.179. The van der Waals surface area contributed by atoms with Crippen molar-refractivity contribution in [3.63, 3.8) is 0 Å². The predicted molar refractivity (Wildman–Crippen MR) is 105 cm³/mol. The number of benzene rings is 2. The lowest BCUT2D eigenvalue weighted by molar-refractivity contribution is -0.128. The highest BCUT2D eigenvalue weighted by atomic mass is 35.5. The van der Waals surface area contributed by atoms with Gasteiger partial charge in [-0.2, -0.15) is 0 Å². The first-order valence-corrected chi connectivity index (χ1v) is 8.89. The molecule has 1 aromatic heterocycles. The molecule has 3 rings (SSSR count). The van der Waals surface area contributed by atoms with E-state index >= 15 is 0 Å². The molecule has 2 amide bonds. The summed E-state index contributed by atoms with van der Waals surface area (Å²) in [5.41, 5.74) is 7.67. The highest BCUT2D eigenvalue weighted by molar-refractivity contribution is 6.32. The number of rotatable bonds is 6. The second kappa shape index (κ2) is 8.60. The number of para-hydroxylation sites is 1. The summed E-state index contributed by atoms with van der Waals surface area (Å²) in [6, 6.07) is 13.1. The average molecular weight is 386 g/mol. The van der Waals surface area contributed by atoms with E-state index in [1.165, 1.54) is 0 Å². The fourth-order valence-electron chi connectivity index (χ4n) is 2.82. The summed E-state index contributed by atoms with van der Waals surface area (Å²) in [6.45, 7) is 0. The Bertz CT molecular complexity index is 968. The van der Waals surface area contributed by atoms with Crippen LogP contribution in [-0.4, -0.2) is 23.9 Å². The predicted octanol–water partition coefficient (Wildman–Crippen LogP) is 3.15. The molecule has 0 unspecified atom stereocenters. The van der Waals surface area contributed by atoms with Gasteiger partial charge in [0, 0.05) is 23.5 Å². The largest absolute Gasteiger partial charge is 0.495 e. The van der Waals surface area contributed by atoms with Gasteiger partial charge < -0.3 is 9.72 Å². The third kappa shape index (κ3) is 4.80. The van der Waals surface area contributed by atoms with E-state index in [9.17, 15) is 9.59 Å². The molecule has 3 N–H and O–H groups in total. The molecule has 3 aromatic rings. The zero-order chi connectivity index (χ0) is 19.2. The van der Waals surface area contributed by atoms with Gasteiger partial charge in [-0.25, -0.2) is 0 Å². The maximum absolute atomic E-state index is 12.1. The zero-order valence-electron chi connectivity index (χ0n) is 14.8. The number of hydrazine groups is 1. The smallest absolute Gasteiger partial charge is 0.242 e. The van der Waals surface area contributed by atoms with Crippen LogP contribution in [0.3, 0.4) is 0 Å². The molecular formula is C20H20ClN3O3.